The maximum atomic E-state index is 9.85. The number of halogens is 1. The fraction of sp³-hybridized carbons (Fsp3) is 0. The Bertz CT molecular complexity index is 20.0. The second-order valence-corrected chi connectivity index (χ2v) is 0.185. The molecule has 4 heavy (non-hydrogen) atoms. The van der Waals surface area contributed by atoms with Crippen LogP contribution < -0.4 is 0 Å². The van der Waals surface area contributed by atoms with Gasteiger partial charge >= 0.3 is 21.4 Å². The molecule has 0 spiro atoms. The van der Waals surface area contributed by atoms with Crippen molar-refractivity contribution < 1.29 is 14.1 Å². The first-order chi connectivity index (χ1) is 1.91. The fourth-order valence-corrected chi connectivity index (χ4v) is 0. The first-order valence-electron chi connectivity index (χ1n) is 0.626. The topological polar surface area (TPSA) is 26.3 Å². The molecular formula is BFO2. The molecule has 0 aliphatic carbocycles. The van der Waals surface area contributed by atoms with Crippen LogP contribution in [0.4, 0.5) is 4.53 Å². The van der Waals surface area contributed by atoms with Gasteiger partial charge in [0.25, 0.3) is 0 Å². The summed E-state index contributed by atoms with van der Waals surface area (Å²) < 4.78 is 18.4. The molecule has 0 aromatic carbocycles. The average Bonchev–Trinajstić information content (AvgIpc) is 1.37. The van der Waals surface area contributed by atoms with Crippen LogP contribution in [-0.4, -0.2) is 7.35 Å². The van der Waals surface area contributed by atoms with Crippen LogP contribution in [0, 0.1) is 0 Å². The van der Waals surface area contributed by atoms with Crippen molar-refractivity contribution in [3.05, 3.63) is 0 Å². The van der Waals surface area contributed by atoms with Gasteiger partial charge in [-0.1, -0.05) is 0 Å². The van der Waals surface area contributed by atoms with Gasteiger partial charge in [0, 0.05) is 0 Å². The molecule has 0 N–H and O–H groups in total. The van der Waals surface area contributed by atoms with Crippen molar-refractivity contribution in [2.75, 3.05) is 0 Å². The van der Waals surface area contributed by atoms with Gasteiger partial charge in [0.05, 0.1) is 0 Å². The van der Waals surface area contributed by atoms with E-state index >= 15 is 0 Å². The van der Waals surface area contributed by atoms with Crippen molar-refractivity contribution >= 4 is 7.35 Å². The molecule has 0 aliphatic rings. The molecule has 4 heteroatoms. The Morgan fingerprint density at radius 1 is 2.00 bits per heavy atom. The summed E-state index contributed by atoms with van der Waals surface area (Å²) in [6.45, 7) is 0. The molecule has 0 saturated carbocycles. The Hall–Kier alpha value is -0.405. The van der Waals surface area contributed by atoms with Crippen LogP contribution in [0.25, 0.3) is 0 Å². The summed E-state index contributed by atoms with van der Waals surface area (Å²) in [7, 11) is -0.292. The Morgan fingerprint density at radius 3 is 2.25 bits per heavy atom. The summed E-state index contributed by atoms with van der Waals surface area (Å²) in [5, 5.41) is 0. The van der Waals surface area contributed by atoms with Crippen LogP contribution in [0.3, 0.4) is 0 Å². The third kappa shape index (κ3) is 1.59. The van der Waals surface area contributed by atoms with Crippen molar-refractivity contribution in [1.82, 2.24) is 0 Å². The van der Waals surface area contributed by atoms with Gasteiger partial charge < -0.3 is 0 Å². The third-order valence-electron chi connectivity index (χ3n) is 0.0364. The molecule has 0 aromatic rings. The first-order valence-corrected chi connectivity index (χ1v) is 0.626. The Balaban J connectivity index is 2.30. The van der Waals surface area contributed by atoms with E-state index in [0.29, 0.717) is 0 Å². The van der Waals surface area contributed by atoms with E-state index in [-0.39, 0.29) is 7.35 Å². The molecule has 0 bridgehead atoms. The van der Waals surface area contributed by atoms with Crippen molar-refractivity contribution in [3.8, 4) is 0 Å². The Morgan fingerprint density at radius 2 is 2.25 bits per heavy atom. The van der Waals surface area contributed by atoms with Crippen molar-refractivity contribution in [3.63, 3.8) is 0 Å². The van der Waals surface area contributed by atoms with Crippen LogP contribution in [0.2, 0.25) is 0 Å². The summed E-state index contributed by atoms with van der Waals surface area (Å²) in [5.41, 5.74) is 0. The van der Waals surface area contributed by atoms with Crippen LogP contribution in [0.5, 0.6) is 0 Å². The Labute approximate surface area is 22.8 Å². The molecular weight excluding hydrogens is 61.8 g/mol. The normalized spacial score (nSPS) is 4.25. The third-order valence-corrected chi connectivity index (χ3v) is 0.0364. The zero-order valence-corrected chi connectivity index (χ0v) is 1.77. The molecule has 0 rings (SSSR count). The van der Waals surface area contributed by atoms with E-state index in [2.05, 4.69) is 4.86 Å². The van der Waals surface area contributed by atoms with E-state index < -0.39 is 0 Å². The SMILES string of the molecule is O=BOF. The average molecular weight is 61.8 g/mol. The van der Waals surface area contributed by atoms with Gasteiger partial charge in [0.1, 0.15) is 0 Å². The molecule has 0 fully saturated rings. The van der Waals surface area contributed by atoms with Crippen LogP contribution in [-0.2, 0) is 9.56 Å². The van der Waals surface area contributed by atoms with E-state index in [4.69, 9.17) is 4.70 Å². The fourth-order valence-electron chi connectivity index (χ4n) is 0. The summed E-state index contributed by atoms with van der Waals surface area (Å²) in [5.74, 6) is 0. The summed E-state index contributed by atoms with van der Waals surface area (Å²) >= 11 is 0. The van der Waals surface area contributed by atoms with Gasteiger partial charge in [-0.25, -0.2) is 0 Å². The van der Waals surface area contributed by atoms with Crippen molar-refractivity contribution in [1.29, 1.82) is 0 Å². The standard InChI is InChI=1S/BFO2/c2-4-1-3. The van der Waals surface area contributed by atoms with Gasteiger partial charge in [-0.2, -0.15) is 0 Å². The van der Waals surface area contributed by atoms with E-state index in [9.17, 15) is 4.53 Å². The van der Waals surface area contributed by atoms with Crippen LogP contribution in [0.1, 0.15) is 0 Å². The number of hydrogen-bond acceptors (Lipinski definition) is 2. The zero-order chi connectivity index (χ0) is 3.41. The molecule has 0 heterocycles. The molecule has 2 nitrogen and oxygen atoms in total. The predicted octanol–water partition coefficient (Wildman–Crippen LogP) is -0.148. The van der Waals surface area contributed by atoms with Crippen molar-refractivity contribution in [2.24, 2.45) is 0 Å². The summed E-state index contributed by atoms with van der Waals surface area (Å²) in [6, 6.07) is 0. The van der Waals surface area contributed by atoms with Crippen molar-refractivity contribution in [2.45, 2.75) is 0 Å². The first kappa shape index (κ1) is 3.59. The van der Waals surface area contributed by atoms with Gasteiger partial charge in [0.15, 0.2) is 0 Å². The van der Waals surface area contributed by atoms with Gasteiger partial charge in [-0.3, -0.25) is 0 Å². The second kappa shape index (κ2) is 2.59. The molecule has 0 amide bonds. The monoisotopic (exact) mass is 62.0 g/mol. The number of rotatable bonds is 1. The van der Waals surface area contributed by atoms with Gasteiger partial charge in [0.2, 0.25) is 0 Å². The molecule has 0 aliphatic heterocycles. The molecule has 0 atom stereocenters. The Kier molecular flexibility index (Phi) is 2.33. The van der Waals surface area contributed by atoms with E-state index in [1.54, 1.807) is 0 Å². The van der Waals surface area contributed by atoms with E-state index in [1.165, 1.54) is 0 Å². The van der Waals surface area contributed by atoms with E-state index in [1.807, 2.05) is 0 Å². The van der Waals surface area contributed by atoms with Crippen LogP contribution >= 0.6 is 0 Å². The molecule has 0 radical (unpaired) electrons. The molecule has 0 saturated heterocycles. The number of hydrogen-bond donors (Lipinski definition) is 0. The van der Waals surface area contributed by atoms with Crippen LogP contribution in [0.15, 0.2) is 0 Å². The predicted molar refractivity (Wildman–Crippen MR) is 8.63 cm³/mol. The molecule has 22 valence electrons. The van der Waals surface area contributed by atoms with Gasteiger partial charge in [-0.05, 0) is 0 Å². The summed E-state index contributed by atoms with van der Waals surface area (Å²) in [6.07, 6.45) is 0. The quantitative estimate of drug-likeness (QED) is 0.395. The zero-order valence-electron chi connectivity index (χ0n) is 1.77. The minimum atomic E-state index is -0.292. The maximum absolute atomic E-state index is 9.85. The summed E-state index contributed by atoms with van der Waals surface area (Å²) in [4.78, 5) is 2.36. The van der Waals surface area contributed by atoms with E-state index in [0.717, 1.165) is 0 Å². The minimum absolute atomic E-state index is 0.292. The van der Waals surface area contributed by atoms with Gasteiger partial charge in [-0.15, -0.1) is 0 Å². The molecule has 0 unspecified atom stereocenters. The molecule has 0 aromatic heterocycles. The second-order valence-electron chi connectivity index (χ2n) is 0.185.